The molecule has 25 heavy (non-hydrogen) atoms. The highest BCUT2D eigenvalue weighted by atomic mass is 32.2. The van der Waals surface area contributed by atoms with E-state index in [1.807, 2.05) is 0 Å². The number of H-pyrrole nitrogens is 1. The maximum absolute atomic E-state index is 13.5. The monoisotopic (exact) mass is 361 g/mol. The van der Waals surface area contributed by atoms with Gasteiger partial charge >= 0.3 is 5.97 Å². The molecule has 1 aliphatic heterocycles. The van der Waals surface area contributed by atoms with Crippen LogP contribution in [0.15, 0.2) is 41.3 Å². The number of benzene rings is 2. The lowest BCUT2D eigenvalue weighted by molar-refractivity contribution is -0.139. The van der Waals surface area contributed by atoms with Gasteiger partial charge in [-0.05, 0) is 36.4 Å². The van der Waals surface area contributed by atoms with Crippen LogP contribution in [0.25, 0.3) is 22.2 Å². The van der Waals surface area contributed by atoms with E-state index in [1.165, 1.54) is 24.3 Å². The predicted octanol–water partition coefficient (Wildman–Crippen LogP) is 2.72. The molecule has 0 bridgehead atoms. The highest BCUT2D eigenvalue weighted by Gasteiger charge is 2.31. The van der Waals surface area contributed by atoms with Gasteiger partial charge in [-0.15, -0.1) is 0 Å². The Hall–Kier alpha value is -2.87. The number of aliphatic carboxylic acids is 1. The molecule has 0 saturated heterocycles. The van der Waals surface area contributed by atoms with Crippen molar-refractivity contribution >= 4 is 26.7 Å². The number of rotatable bonds is 3. The Morgan fingerprint density at radius 2 is 2.04 bits per heavy atom. The Kier molecular flexibility index (Phi) is 3.33. The van der Waals surface area contributed by atoms with Crippen LogP contribution in [0.3, 0.4) is 0 Å². The summed E-state index contributed by atoms with van der Waals surface area (Å²) >= 11 is 0. The summed E-state index contributed by atoms with van der Waals surface area (Å²) in [5.74, 6) is -1.69. The molecule has 1 aliphatic rings. The van der Waals surface area contributed by atoms with Crippen LogP contribution < -0.4 is 4.74 Å². The van der Waals surface area contributed by atoms with E-state index in [1.54, 1.807) is 12.1 Å². The fraction of sp³-hybridized carbons (Fsp3) is 0.118. The molecule has 0 amide bonds. The number of ether oxygens (including phenoxy) is 1. The SMILES string of the molecule is O=C(O)COc1ccc2c(c1)S(=O)(=O)Cc1c-2[nH]c2ccc(F)cc12. The van der Waals surface area contributed by atoms with Gasteiger partial charge in [0.1, 0.15) is 11.6 Å². The third-order valence-electron chi connectivity index (χ3n) is 4.12. The molecule has 3 aromatic rings. The third-order valence-corrected chi connectivity index (χ3v) is 5.80. The van der Waals surface area contributed by atoms with Crippen molar-refractivity contribution in [1.82, 2.24) is 4.98 Å². The van der Waals surface area contributed by atoms with Crippen molar-refractivity contribution in [2.75, 3.05) is 6.61 Å². The number of aromatic amines is 1. The molecule has 128 valence electrons. The molecule has 0 unspecified atom stereocenters. The number of nitrogens with one attached hydrogen (secondary N) is 1. The zero-order valence-corrected chi connectivity index (χ0v) is 13.6. The maximum Gasteiger partial charge on any atom is 0.341 e. The first-order valence-corrected chi connectivity index (χ1v) is 9.02. The smallest absolute Gasteiger partial charge is 0.341 e. The minimum atomic E-state index is -3.66. The number of hydrogen-bond acceptors (Lipinski definition) is 4. The highest BCUT2D eigenvalue weighted by Crippen LogP contribution is 2.42. The lowest BCUT2D eigenvalue weighted by Crippen LogP contribution is -2.14. The first-order chi connectivity index (χ1) is 11.8. The van der Waals surface area contributed by atoms with Crippen molar-refractivity contribution in [2.24, 2.45) is 0 Å². The van der Waals surface area contributed by atoms with E-state index in [9.17, 15) is 17.6 Å². The Labute approximate surface area is 141 Å². The summed E-state index contributed by atoms with van der Waals surface area (Å²) in [6, 6.07) is 8.59. The summed E-state index contributed by atoms with van der Waals surface area (Å²) in [5, 5.41) is 9.21. The summed E-state index contributed by atoms with van der Waals surface area (Å²) in [6.45, 7) is -0.560. The molecule has 6 nitrogen and oxygen atoms in total. The van der Waals surface area contributed by atoms with Crippen LogP contribution >= 0.6 is 0 Å². The van der Waals surface area contributed by atoms with Crippen molar-refractivity contribution in [3.05, 3.63) is 47.8 Å². The molecule has 0 radical (unpaired) electrons. The average molecular weight is 361 g/mol. The fourth-order valence-corrected chi connectivity index (χ4v) is 4.71. The minimum Gasteiger partial charge on any atom is -0.482 e. The van der Waals surface area contributed by atoms with E-state index in [2.05, 4.69) is 4.98 Å². The largest absolute Gasteiger partial charge is 0.482 e. The number of sulfone groups is 1. The van der Waals surface area contributed by atoms with Crippen molar-refractivity contribution < 1.29 is 27.4 Å². The molecule has 2 N–H and O–H groups in total. The van der Waals surface area contributed by atoms with Gasteiger partial charge in [0.05, 0.1) is 16.3 Å². The summed E-state index contributed by atoms with van der Waals surface area (Å²) in [7, 11) is -3.66. The zero-order valence-electron chi connectivity index (χ0n) is 12.7. The van der Waals surface area contributed by atoms with Crippen molar-refractivity contribution in [3.63, 3.8) is 0 Å². The van der Waals surface area contributed by atoms with Crippen molar-refractivity contribution in [1.29, 1.82) is 0 Å². The summed E-state index contributed by atoms with van der Waals surface area (Å²) in [5.41, 5.74) is 2.26. The molecule has 0 spiro atoms. The third kappa shape index (κ3) is 2.54. The average Bonchev–Trinajstić information content (AvgIpc) is 2.90. The van der Waals surface area contributed by atoms with Crippen molar-refractivity contribution in [2.45, 2.75) is 10.6 Å². The number of aromatic nitrogens is 1. The molecule has 0 fully saturated rings. The Balaban J connectivity index is 1.91. The highest BCUT2D eigenvalue weighted by molar-refractivity contribution is 7.91. The molecule has 0 aliphatic carbocycles. The van der Waals surface area contributed by atoms with Crippen LogP contribution in [-0.4, -0.2) is 31.1 Å². The van der Waals surface area contributed by atoms with Gasteiger partial charge in [-0.3, -0.25) is 0 Å². The number of fused-ring (bicyclic) bond motifs is 5. The second-order valence-electron chi connectivity index (χ2n) is 5.77. The quantitative estimate of drug-likeness (QED) is 0.748. The van der Waals surface area contributed by atoms with Gasteiger partial charge in [0, 0.05) is 22.0 Å². The molecule has 2 aromatic carbocycles. The molecule has 4 rings (SSSR count). The second-order valence-corrected chi connectivity index (χ2v) is 7.73. The van der Waals surface area contributed by atoms with E-state index < -0.39 is 28.2 Å². The Bertz CT molecular complexity index is 1130. The van der Waals surface area contributed by atoms with Crippen molar-refractivity contribution in [3.8, 4) is 17.0 Å². The summed E-state index contributed by atoms with van der Waals surface area (Å²) < 4.78 is 44.0. The minimum absolute atomic E-state index is 0.0647. The molecular formula is C17H12FNO5S. The standard InChI is InChI=1S/C17H12FNO5S/c18-9-1-4-14-12(5-9)13-8-25(22,23)15-6-10(24-7-16(20)21)2-3-11(15)17(13)19-14/h1-6,19H,7-8H2,(H,20,21). The van der Waals surface area contributed by atoms with E-state index in [0.717, 1.165) is 0 Å². The normalized spacial score (nSPS) is 14.8. The number of carboxylic acid groups (broad SMARTS) is 1. The van der Waals surface area contributed by atoms with E-state index in [4.69, 9.17) is 9.84 Å². The van der Waals surface area contributed by atoms with Crippen LogP contribution in [0, 0.1) is 5.82 Å². The van der Waals surface area contributed by atoms with Crippen LogP contribution in [0.4, 0.5) is 4.39 Å². The molecule has 2 heterocycles. The number of halogens is 1. The molecule has 0 atom stereocenters. The van der Waals surface area contributed by atoms with Gasteiger partial charge in [0.2, 0.25) is 0 Å². The van der Waals surface area contributed by atoms with E-state index in [0.29, 0.717) is 27.7 Å². The maximum atomic E-state index is 13.5. The number of carbonyl (C=O) groups is 1. The molecular weight excluding hydrogens is 349 g/mol. The van der Waals surface area contributed by atoms with Gasteiger partial charge in [-0.2, -0.15) is 0 Å². The lowest BCUT2D eigenvalue weighted by atomic mass is 10.1. The van der Waals surface area contributed by atoms with Gasteiger partial charge in [0.15, 0.2) is 16.4 Å². The molecule has 1 aromatic heterocycles. The number of carboxylic acids is 1. The summed E-state index contributed by atoms with van der Waals surface area (Å²) in [6.07, 6.45) is 0. The van der Waals surface area contributed by atoms with Crippen LogP contribution in [-0.2, 0) is 20.4 Å². The first kappa shape index (κ1) is 15.6. The molecule has 8 heteroatoms. The second kappa shape index (κ2) is 5.32. The zero-order chi connectivity index (χ0) is 17.8. The van der Waals surface area contributed by atoms with E-state index >= 15 is 0 Å². The van der Waals surface area contributed by atoms with Crippen LogP contribution in [0.2, 0.25) is 0 Å². The summed E-state index contributed by atoms with van der Waals surface area (Å²) in [4.78, 5) is 13.8. The van der Waals surface area contributed by atoms with Gasteiger partial charge in [0.25, 0.3) is 0 Å². The van der Waals surface area contributed by atoms with E-state index in [-0.39, 0.29) is 16.4 Å². The van der Waals surface area contributed by atoms with Gasteiger partial charge in [-0.1, -0.05) is 0 Å². The van der Waals surface area contributed by atoms with Crippen LogP contribution in [0.5, 0.6) is 5.75 Å². The number of hydrogen-bond donors (Lipinski definition) is 2. The first-order valence-electron chi connectivity index (χ1n) is 7.37. The predicted molar refractivity (Wildman–Crippen MR) is 87.7 cm³/mol. The van der Waals surface area contributed by atoms with Gasteiger partial charge in [-0.25, -0.2) is 17.6 Å². The lowest BCUT2D eigenvalue weighted by Gasteiger charge is -2.18. The van der Waals surface area contributed by atoms with Gasteiger partial charge < -0.3 is 14.8 Å². The Morgan fingerprint density at radius 1 is 1.24 bits per heavy atom. The topological polar surface area (TPSA) is 96.5 Å². The molecule has 0 saturated carbocycles. The van der Waals surface area contributed by atoms with Crippen LogP contribution in [0.1, 0.15) is 5.56 Å². The fourth-order valence-electron chi connectivity index (χ4n) is 3.07. The Morgan fingerprint density at radius 3 is 2.80 bits per heavy atom.